The van der Waals surface area contributed by atoms with Crippen molar-refractivity contribution in [2.24, 2.45) is 0 Å². The third-order valence-electron chi connectivity index (χ3n) is 2.22. The Morgan fingerprint density at radius 3 is 2.33 bits per heavy atom. The van der Waals surface area contributed by atoms with E-state index in [9.17, 15) is 4.79 Å². The van der Waals surface area contributed by atoms with Crippen LogP contribution in [0.3, 0.4) is 0 Å². The smallest absolute Gasteiger partial charge is 0.231 e. The molecule has 2 rings (SSSR count). The van der Waals surface area contributed by atoms with Crippen LogP contribution in [0, 0.1) is 0 Å². The molecule has 0 aliphatic carbocycles. The minimum absolute atomic E-state index is 0.0801. The van der Waals surface area contributed by atoms with Crippen LogP contribution in [0.2, 0.25) is 10.0 Å². The molecule has 1 heterocycles. The van der Waals surface area contributed by atoms with Gasteiger partial charge in [-0.15, -0.1) is 0 Å². The van der Waals surface area contributed by atoms with Gasteiger partial charge in [0.05, 0.1) is 6.42 Å². The van der Waals surface area contributed by atoms with Gasteiger partial charge in [-0.25, -0.2) is 9.97 Å². The molecule has 18 heavy (non-hydrogen) atoms. The fourth-order valence-electron chi connectivity index (χ4n) is 1.39. The van der Waals surface area contributed by atoms with Gasteiger partial charge in [0.25, 0.3) is 0 Å². The summed E-state index contributed by atoms with van der Waals surface area (Å²) in [6.45, 7) is 0. The van der Waals surface area contributed by atoms with E-state index in [1.54, 1.807) is 36.7 Å². The second-order valence-electron chi connectivity index (χ2n) is 3.50. The number of nitrogens with one attached hydrogen (secondary N) is 1. The third kappa shape index (κ3) is 3.18. The second-order valence-corrected chi connectivity index (χ2v) is 4.31. The Bertz CT molecular complexity index is 540. The molecule has 0 fully saturated rings. The van der Waals surface area contributed by atoms with Gasteiger partial charge >= 0.3 is 0 Å². The zero-order chi connectivity index (χ0) is 13.0. The lowest BCUT2D eigenvalue weighted by atomic mass is 10.1. The number of nitrogens with zero attached hydrogens (tertiary/aromatic N) is 2. The zero-order valence-corrected chi connectivity index (χ0v) is 10.7. The number of benzene rings is 1. The normalized spacial score (nSPS) is 10.1. The molecule has 1 aromatic carbocycles. The second kappa shape index (κ2) is 5.80. The summed E-state index contributed by atoms with van der Waals surface area (Å²) in [4.78, 5) is 19.6. The van der Waals surface area contributed by atoms with Gasteiger partial charge in [-0.2, -0.15) is 0 Å². The SMILES string of the molecule is O=C(Cc1c(Cl)cccc1Cl)Nc1ncccn1. The highest BCUT2D eigenvalue weighted by molar-refractivity contribution is 6.36. The number of rotatable bonds is 3. The van der Waals surface area contributed by atoms with Crippen molar-refractivity contribution in [2.45, 2.75) is 6.42 Å². The van der Waals surface area contributed by atoms with Crippen LogP contribution in [-0.2, 0) is 11.2 Å². The van der Waals surface area contributed by atoms with E-state index in [1.807, 2.05) is 0 Å². The maximum Gasteiger partial charge on any atom is 0.231 e. The van der Waals surface area contributed by atoms with Crippen molar-refractivity contribution < 1.29 is 4.79 Å². The van der Waals surface area contributed by atoms with Gasteiger partial charge < -0.3 is 0 Å². The molecule has 0 saturated heterocycles. The van der Waals surface area contributed by atoms with Gasteiger partial charge in [-0.05, 0) is 23.8 Å². The summed E-state index contributed by atoms with van der Waals surface area (Å²) in [5.41, 5.74) is 0.592. The highest BCUT2D eigenvalue weighted by Gasteiger charge is 2.11. The van der Waals surface area contributed by atoms with E-state index < -0.39 is 0 Å². The maximum absolute atomic E-state index is 11.8. The number of carbonyl (C=O) groups excluding carboxylic acids is 1. The van der Waals surface area contributed by atoms with Gasteiger partial charge in [0.2, 0.25) is 11.9 Å². The summed E-state index contributed by atoms with van der Waals surface area (Å²) >= 11 is 12.0. The fraction of sp³-hybridized carbons (Fsp3) is 0.0833. The van der Waals surface area contributed by atoms with Crippen LogP contribution < -0.4 is 5.32 Å². The minimum atomic E-state index is -0.267. The van der Waals surface area contributed by atoms with Crippen molar-refractivity contribution >= 4 is 35.1 Å². The van der Waals surface area contributed by atoms with Crippen LogP contribution in [0.5, 0.6) is 0 Å². The van der Waals surface area contributed by atoms with Crippen molar-refractivity contribution in [1.82, 2.24) is 9.97 Å². The average molecular weight is 282 g/mol. The Kier molecular flexibility index (Phi) is 4.12. The first-order valence-corrected chi connectivity index (χ1v) is 5.92. The van der Waals surface area contributed by atoms with Crippen molar-refractivity contribution in [3.8, 4) is 0 Å². The first-order chi connectivity index (χ1) is 8.66. The number of hydrogen-bond donors (Lipinski definition) is 1. The number of amides is 1. The van der Waals surface area contributed by atoms with Crippen molar-refractivity contribution in [2.75, 3.05) is 5.32 Å². The molecular weight excluding hydrogens is 273 g/mol. The summed E-state index contributed by atoms with van der Waals surface area (Å²) in [5, 5.41) is 3.50. The van der Waals surface area contributed by atoms with E-state index >= 15 is 0 Å². The lowest BCUT2D eigenvalue weighted by Gasteiger charge is -2.06. The van der Waals surface area contributed by atoms with Crippen LogP contribution in [0.25, 0.3) is 0 Å². The molecule has 2 aromatic rings. The van der Waals surface area contributed by atoms with Crippen molar-refractivity contribution in [3.63, 3.8) is 0 Å². The topological polar surface area (TPSA) is 54.9 Å². The van der Waals surface area contributed by atoms with Crippen LogP contribution in [0.15, 0.2) is 36.7 Å². The number of aromatic nitrogens is 2. The molecule has 1 aromatic heterocycles. The predicted molar refractivity (Wildman–Crippen MR) is 70.8 cm³/mol. The first-order valence-electron chi connectivity index (χ1n) is 5.16. The molecule has 0 atom stereocenters. The summed E-state index contributed by atoms with van der Waals surface area (Å²) in [5.74, 6) is -0.0122. The molecule has 6 heteroatoms. The monoisotopic (exact) mass is 281 g/mol. The van der Waals surface area contributed by atoms with E-state index in [4.69, 9.17) is 23.2 Å². The van der Waals surface area contributed by atoms with Crippen LogP contribution in [0.4, 0.5) is 5.95 Å². The van der Waals surface area contributed by atoms with Crippen LogP contribution in [0.1, 0.15) is 5.56 Å². The largest absolute Gasteiger partial charge is 0.294 e. The first kappa shape index (κ1) is 12.8. The Morgan fingerprint density at radius 2 is 1.72 bits per heavy atom. The molecule has 0 unspecified atom stereocenters. The number of anilines is 1. The quantitative estimate of drug-likeness (QED) is 0.941. The van der Waals surface area contributed by atoms with E-state index in [2.05, 4.69) is 15.3 Å². The molecule has 1 N–H and O–H groups in total. The molecule has 0 aliphatic heterocycles. The molecule has 0 saturated carbocycles. The Morgan fingerprint density at radius 1 is 1.11 bits per heavy atom. The van der Waals surface area contributed by atoms with Gasteiger partial charge in [0, 0.05) is 22.4 Å². The lowest BCUT2D eigenvalue weighted by molar-refractivity contribution is -0.115. The molecule has 0 aliphatic rings. The lowest BCUT2D eigenvalue weighted by Crippen LogP contribution is -2.16. The Balaban J connectivity index is 2.08. The minimum Gasteiger partial charge on any atom is -0.294 e. The van der Waals surface area contributed by atoms with Gasteiger partial charge in [-0.3, -0.25) is 10.1 Å². The Labute approximate surface area is 114 Å². The molecule has 0 bridgehead atoms. The van der Waals surface area contributed by atoms with E-state index in [0.717, 1.165) is 0 Å². The average Bonchev–Trinajstić information content (AvgIpc) is 2.35. The van der Waals surface area contributed by atoms with Crippen molar-refractivity contribution in [1.29, 1.82) is 0 Å². The van der Waals surface area contributed by atoms with Gasteiger partial charge in [-0.1, -0.05) is 29.3 Å². The zero-order valence-electron chi connectivity index (χ0n) is 9.23. The van der Waals surface area contributed by atoms with E-state index in [0.29, 0.717) is 15.6 Å². The molecule has 0 spiro atoms. The molecule has 1 amide bonds. The Hall–Kier alpha value is -1.65. The summed E-state index contributed by atoms with van der Waals surface area (Å²) in [6, 6.07) is 6.77. The fourth-order valence-corrected chi connectivity index (χ4v) is 1.93. The molecular formula is C12H9Cl2N3O. The van der Waals surface area contributed by atoms with Gasteiger partial charge in [0.1, 0.15) is 0 Å². The summed E-state index contributed by atoms with van der Waals surface area (Å²) in [6.07, 6.45) is 3.17. The molecule has 0 radical (unpaired) electrons. The van der Waals surface area contributed by atoms with E-state index in [-0.39, 0.29) is 18.3 Å². The number of hydrogen-bond acceptors (Lipinski definition) is 3. The van der Waals surface area contributed by atoms with Crippen molar-refractivity contribution in [3.05, 3.63) is 52.3 Å². The standard InChI is InChI=1S/C12H9Cl2N3O/c13-9-3-1-4-10(14)8(9)7-11(18)17-12-15-5-2-6-16-12/h1-6H,7H2,(H,15,16,17,18). The maximum atomic E-state index is 11.8. The molecule has 92 valence electrons. The number of carbonyl (C=O) groups is 1. The highest BCUT2D eigenvalue weighted by atomic mass is 35.5. The van der Waals surface area contributed by atoms with Crippen LogP contribution in [-0.4, -0.2) is 15.9 Å². The van der Waals surface area contributed by atoms with Gasteiger partial charge in [0.15, 0.2) is 0 Å². The summed E-state index contributed by atoms with van der Waals surface area (Å²) in [7, 11) is 0. The summed E-state index contributed by atoms with van der Waals surface area (Å²) < 4.78 is 0. The molecule has 4 nitrogen and oxygen atoms in total. The van der Waals surface area contributed by atoms with E-state index in [1.165, 1.54) is 0 Å². The number of halogens is 2. The van der Waals surface area contributed by atoms with Crippen LogP contribution >= 0.6 is 23.2 Å². The third-order valence-corrected chi connectivity index (χ3v) is 2.92. The highest BCUT2D eigenvalue weighted by Crippen LogP contribution is 2.24. The predicted octanol–water partition coefficient (Wildman–Crippen LogP) is 2.96.